The Bertz CT molecular complexity index is 496. The Morgan fingerprint density at radius 3 is 2.74 bits per heavy atom. The normalized spacial score (nSPS) is 10.5. The number of hydrogen-bond donors (Lipinski definition) is 2. The van der Waals surface area contributed by atoms with Gasteiger partial charge in [0.1, 0.15) is 5.69 Å². The first-order valence-electron chi connectivity index (χ1n) is 6.52. The third kappa shape index (κ3) is 4.08. The van der Waals surface area contributed by atoms with Crippen LogP contribution in [0.1, 0.15) is 49.7 Å². The minimum absolute atomic E-state index is 0.187. The van der Waals surface area contributed by atoms with Crippen LogP contribution in [0, 0.1) is 11.8 Å². The van der Waals surface area contributed by atoms with Crippen LogP contribution >= 0.6 is 0 Å². The van der Waals surface area contributed by atoms with Crippen molar-refractivity contribution in [1.82, 2.24) is 10.3 Å². The van der Waals surface area contributed by atoms with E-state index in [1.165, 1.54) is 0 Å². The van der Waals surface area contributed by atoms with Crippen molar-refractivity contribution in [2.75, 3.05) is 6.54 Å². The summed E-state index contributed by atoms with van der Waals surface area (Å²) in [7, 11) is 0. The van der Waals surface area contributed by atoms with Crippen molar-refractivity contribution < 1.29 is 4.79 Å². The molecule has 0 spiro atoms. The largest absolute Gasteiger partial charge is 0.346 e. The quantitative estimate of drug-likeness (QED) is 0.809. The number of aromatic nitrogens is 1. The molecule has 3 N–H and O–H groups in total. The average molecular weight is 259 g/mol. The second-order valence-corrected chi connectivity index (χ2v) is 4.63. The Morgan fingerprint density at radius 2 is 2.16 bits per heavy atom. The molecule has 0 bridgehead atoms. The molecule has 0 unspecified atom stereocenters. The zero-order valence-electron chi connectivity index (χ0n) is 11.8. The summed E-state index contributed by atoms with van der Waals surface area (Å²) in [6.45, 7) is 6.39. The standard InChI is InChI=1S/C15H21N3O/c1-4-15(3,5-2)18-14(19)13-12(8-6-10-16)9-7-11-17-13/h7,9,11H,4-5,10,16H2,1-3H3,(H,18,19). The monoisotopic (exact) mass is 259 g/mol. The van der Waals surface area contributed by atoms with Gasteiger partial charge in [-0.2, -0.15) is 0 Å². The summed E-state index contributed by atoms with van der Waals surface area (Å²) in [5, 5.41) is 3.03. The SMILES string of the molecule is CCC(C)(CC)NC(=O)c1ncccc1C#CCN. The summed E-state index contributed by atoms with van der Waals surface area (Å²) in [6.07, 6.45) is 3.33. The lowest BCUT2D eigenvalue weighted by atomic mass is 9.95. The molecule has 1 rings (SSSR count). The van der Waals surface area contributed by atoms with E-state index in [0.29, 0.717) is 11.3 Å². The van der Waals surface area contributed by atoms with Crippen molar-refractivity contribution in [2.24, 2.45) is 5.73 Å². The molecular weight excluding hydrogens is 238 g/mol. The first-order chi connectivity index (χ1) is 9.06. The summed E-state index contributed by atoms with van der Waals surface area (Å²) in [5.41, 5.74) is 6.11. The summed E-state index contributed by atoms with van der Waals surface area (Å²) < 4.78 is 0. The van der Waals surface area contributed by atoms with E-state index in [1.807, 2.05) is 6.92 Å². The maximum Gasteiger partial charge on any atom is 0.271 e. The maximum atomic E-state index is 12.3. The number of nitrogens with one attached hydrogen (secondary N) is 1. The van der Waals surface area contributed by atoms with Crippen LogP contribution in [0.15, 0.2) is 18.3 Å². The highest BCUT2D eigenvalue weighted by Gasteiger charge is 2.24. The smallest absolute Gasteiger partial charge is 0.271 e. The molecular formula is C15H21N3O. The molecule has 4 heteroatoms. The van der Waals surface area contributed by atoms with Gasteiger partial charge in [-0.3, -0.25) is 4.79 Å². The number of amides is 1. The lowest BCUT2D eigenvalue weighted by Crippen LogP contribution is -2.45. The highest BCUT2D eigenvalue weighted by atomic mass is 16.2. The Balaban J connectivity index is 3.00. The number of carbonyl (C=O) groups excluding carboxylic acids is 1. The fourth-order valence-corrected chi connectivity index (χ4v) is 1.59. The van der Waals surface area contributed by atoms with Crippen LogP contribution in [0.4, 0.5) is 0 Å². The predicted molar refractivity (Wildman–Crippen MR) is 76.6 cm³/mol. The third-order valence-electron chi connectivity index (χ3n) is 3.32. The molecule has 0 aromatic carbocycles. The van der Waals surface area contributed by atoms with Gasteiger partial charge in [0, 0.05) is 11.7 Å². The Labute approximate surface area is 114 Å². The molecule has 0 saturated carbocycles. The molecule has 19 heavy (non-hydrogen) atoms. The number of nitrogens with two attached hydrogens (primary N) is 1. The molecule has 102 valence electrons. The van der Waals surface area contributed by atoms with Crippen LogP contribution in [-0.4, -0.2) is 23.0 Å². The van der Waals surface area contributed by atoms with Crippen molar-refractivity contribution in [1.29, 1.82) is 0 Å². The van der Waals surface area contributed by atoms with Gasteiger partial charge in [0.2, 0.25) is 0 Å². The molecule has 0 aliphatic carbocycles. The molecule has 4 nitrogen and oxygen atoms in total. The van der Waals surface area contributed by atoms with Crippen molar-refractivity contribution >= 4 is 5.91 Å². The number of nitrogens with zero attached hydrogens (tertiary/aromatic N) is 1. The van der Waals surface area contributed by atoms with E-state index >= 15 is 0 Å². The van der Waals surface area contributed by atoms with Crippen molar-refractivity contribution in [3.8, 4) is 11.8 Å². The molecule has 0 saturated heterocycles. The van der Waals surface area contributed by atoms with Gasteiger partial charge in [0.25, 0.3) is 5.91 Å². The van der Waals surface area contributed by atoms with E-state index in [-0.39, 0.29) is 18.0 Å². The highest BCUT2D eigenvalue weighted by molar-refractivity contribution is 5.95. The van der Waals surface area contributed by atoms with Gasteiger partial charge in [-0.05, 0) is 31.9 Å². The minimum atomic E-state index is -0.215. The summed E-state index contributed by atoms with van der Waals surface area (Å²) in [4.78, 5) is 16.4. The van der Waals surface area contributed by atoms with Gasteiger partial charge in [0.05, 0.1) is 12.1 Å². The van der Waals surface area contributed by atoms with Crippen molar-refractivity contribution in [2.45, 2.75) is 39.2 Å². The molecule has 1 amide bonds. The second kappa shape index (κ2) is 6.91. The van der Waals surface area contributed by atoms with Gasteiger partial charge in [-0.15, -0.1) is 0 Å². The topological polar surface area (TPSA) is 68.0 Å². The Morgan fingerprint density at radius 1 is 1.47 bits per heavy atom. The first kappa shape index (κ1) is 15.2. The van der Waals surface area contributed by atoms with Crippen LogP contribution in [0.5, 0.6) is 0 Å². The number of hydrogen-bond acceptors (Lipinski definition) is 3. The molecule has 0 aliphatic heterocycles. The predicted octanol–water partition coefficient (Wildman–Crippen LogP) is 1.70. The fourth-order valence-electron chi connectivity index (χ4n) is 1.59. The lowest BCUT2D eigenvalue weighted by Gasteiger charge is -2.28. The lowest BCUT2D eigenvalue weighted by molar-refractivity contribution is 0.0895. The van der Waals surface area contributed by atoms with Crippen molar-refractivity contribution in [3.63, 3.8) is 0 Å². The van der Waals surface area contributed by atoms with Gasteiger partial charge in [-0.25, -0.2) is 4.98 Å². The Kier molecular flexibility index (Phi) is 5.53. The molecule has 0 fully saturated rings. The summed E-state index contributed by atoms with van der Waals surface area (Å²) in [6, 6.07) is 3.54. The Hall–Kier alpha value is -1.86. The van der Waals surface area contributed by atoms with E-state index in [1.54, 1.807) is 18.3 Å². The molecule has 1 aromatic rings. The number of rotatable bonds is 4. The van der Waals surface area contributed by atoms with Gasteiger partial charge in [0.15, 0.2) is 0 Å². The van der Waals surface area contributed by atoms with Crippen LogP contribution in [-0.2, 0) is 0 Å². The molecule has 1 aromatic heterocycles. The molecule has 0 aliphatic rings. The highest BCUT2D eigenvalue weighted by Crippen LogP contribution is 2.15. The third-order valence-corrected chi connectivity index (χ3v) is 3.32. The van der Waals surface area contributed by atoms with Crippen LogP contribution < -0.4 is 11.1 Å². The van der Waals surface area contributed by atoms with Crippen LogP contribution in [0.2, 0.25) is 0 Å². The molecule has 0 radical (unpaired) electrons. The van der Waals surface area contributed by atoms with E-state index in [9.17, 15) is 4.79 Å². The second-order valence-electron chi connectivity index (χ2n) is 4.63. The van der Waals surface area contributed by atoms with Crippen LogP contribution in [0.25, 0.3) is 0 Å². The molecule has 1 heterocycles. The fraction of sp³-hybridized carbons (Fsp3) is 0.467. The number of carbonyl (C=O) groups is 1. The van der Waals surface area contributed by atoms with Gasteiger partial charge < -0.3 is 11.1 Å². The van der Waals surface area contributed by atoms with Gasteiger partial charge in [-0.1, -0.05) is 25.7 Å². The number of pyridine rings is 1. The van der Waals surface area contributed by atoms with Crippen molar-refractivity contribution in [3.05, 3.63) is 29.6 Å². The minimum Gasteiger partial charge on any atom is -0.346 e. The first-order valence-corrected chi connectivity index (χ1v) is 6.52. The maximum absolute atomic E-state index is 12.3. The van der Waals surface area contributed by atoms with E-state index < -0.39 is 0 Å². The summed E-state index contributed by atoms with van der Waals surface area (Å²) in [5.74, 6) is 5.44. The van der Waals surface area contributed by atoms with Gasteiger partial charge >= 0.3 is 0 Å². The van der Waals surface area contributed by atoms with E-state index in [0.717, 1.165) is 12.8 Å². The summed E-state index contributed by atoms with van der Waals surface area (Å²) >= 11 is 0. The van der Waals surface area contributed by atoms with Crippen LogP contribution in [0.3, 0.4) is 0 Å². The zero-order chi connectivity index (χ0) is 14.3. The zero-order valence-corrected chi connectivity index (χ0v) is 11.8. The van der Waals surface area contributed by atoms with E-state index in [4.69, 9.17) is 5.73 Å². The average Bonchev–Trinajstić information content (AvgIpc) is 2.45. The molecule has 0 atom stereocenters. The van der Waals surface area contributed by atoms with E-state index in [2.05, 4.69) is 36.0 Å².